The van der Waals surface area contributed by atoms with Crippen molar-refractivity contribution in [3.63, 3.8) is 0 Å². The zero-order valence-corrected chi connectivity index (χ0v) is 11.2. The molecule has 3 aromatic heterocycles. The number of aliphatic hydroxyl groups is 1. The van der Waals surface area contributed by atoms with Gasteiger partial charge in [-0.3, -0.25) is 4.40 Å². The van der Waals surface area contributed by atoms with Gasteiger partial charge in [0.25, 0.3) is 0 Å². The molecule has 3 nitrogen and oxygen atoms in total. The molecule has 0 fully saturated rings. The van der Waals surface area contributed by atoms with Gasteiger partial charge in [0.1, 0.15) is 16.5 Å². The number of hydrogen-bond donors (Lipinski definition) is 1. The molecule has 0 radical (unpaired) electrons. The van der Waals surface area contributed by atoms with Crippen molar-refractivity contribution >= 4 is 28.6 Å². The predicted octanol–water partition coefficient (Wildman–Crippen LogP) is 3.77. The average molecular weight is 279 g/mol. The van der Waals surface area contributed by atoms with Crippen molar-refractivity contribution in [3.05, 3.63) is 46.6 Å². The Kier molecular flexibility index (Phi) is 2.86. The summed E-state index contributed by atoms with van der Waals surface area (Å²) in [7, 11) is 0. The first-order valence-electron chi connectivity index (χ1n) is 5.57. The van der Waals surface area contributed by atoms with Gasteiger partial charge in [-0.2, -0.15) is 0 Å². The average Bonchev–Trinajstić information content (AvgIpc) is 2.95. The lowest BCUT2D eigenvalue weighted by Gasteiger charge is -2.08. The third kappa shape index (κ3) is 1.73. The molecule has 3 rings (SSSR count). The van der Waals surface area contributed by atoms with Crippen LogP contribution in [0.2, 0.25) is 5.15 Å². The number of aromatic nitrogens is 2. The van der Waals surface area contributed by atoms with E-state index in [2.05, 4.69) is 4.98 Å². The number of imidazole rings is 1. The summed E-state index contributed by atoms with van der Waals surface area (Å²) in [6.45, 7) is 1.73. The SMILES string of the molecule is CC(O)c1c(-c2cccs2)nc2cccc(Cl)n12. The van der Waals surface area contributed by atoms with Crippen molar-refractivity contribution < 1.29 is 5.11 Å². The second-order valence-corrected chi connectivity index (χ2v) is 5.38. The van der Waals surface area contributed by atoms with Crippen LogP contribution in [0.15, 0.2) is 35.7 Å². The van der Waals surface area contributed by atoms with Crippen LogP contribution in [0.3, 0.4) is 0 Å². The highest BCUT2D eigenvalue weighted by molar-refractivity contribution is 7.13. The Balaban J connectivity index is 2.39. The van der Waals surface area contributed by atoms with Gasteiger partial charge in [-0.1, -0.05) is 23.7 Å². The number of aliphatic hydroxyl groups excluding tert-OH is 1. The lowest BCUT2D eigenvalue weighted by Crippen LogP contribution is -1.99. The van der Waals surface area contributed by atoms with E-state index < -0.39 is 6.10 Å². The third-order valence-corrected chi connectivity index (χ3v) is 3.95. The fourth-order valence-corrected chi connectivity index (χ4v) is 3.03. The van der Waals surface area contributed by atoms with Crippen LogP contribution >= 0.6 is 22.9 Å². The van der Waals surface area contributed by atoms with Crippen molar-refractivity contribution in [2.24, 2.45) is 0 Å². The summed E-state index contributed by atoms with van der Waals surface area (Å²) >= 11 is 7.79. The second-order valence-electron chi connectivity index (χ2n) is 4.04. The number of hydrogen-bond acceptors (Lipinski definition) is 3. The van der Waals surface area contributed by atoms with E-state index in [1.54, 1.807) is 28.7 Å². The van der Waals surface area contributed by atoms with Crippen LogP contribution < -0.4 is 0 Å². The first kappa shape index (κ1) is 11.7. The van der Waals surface area contributed by atoms with Gasteiger partial charge in [-0.25, -0.2) is 4.98 Å². The smallest absolute Gasteiger partial charge is 0.138 e. The lowest BCUT2D eigenvalue weighted by atomic mass is 10.2. The molecule has 92 valence electrons. The Bertz CT molecular complexity index is 688. The molecule has 0 saturated carbocycles. The topological polar surface area (TPSA) is 37.5 Å². The monoisotopic (exact) mass is 278 g/mol. The molecule has 0 aliphatic heterocycles. The molecule has 1 atom stereocenters. The quantitative estimate of drug-likeness (QED) is 0.725. The van der Waals surface area contributed by atoms with Gasteiger partial charge in [0.2, 0.25) is 0 Å². The van der Waals surface area contributed by atoms with E-state index in [1.807, 2.05) is 29.6 Å². The first-order chi connectivity index (χ1) is 8.68. The van der Waals surface area contributed by atoms with Crippen molar-refractivity contribution in [3.8, 4) is 10.6 Å². The molecule has 0 aliphatic carbocycles. The molecule has 5 heteroatoms. The van der Waals surface area contributed by atoms with Gasteiger partial charge in [-0.15, -0.1) is 11.3 Å². The highest BCUT2D eigenvalue weighted by atomic mass is 35.5. The minimum atomic E-state index is -0.628. The van der Waals surface area contributed by atoms with Crippen molar-refractivity contribution in [2.45, 2.75) is 13.0 Å². The van der Waals surface area contributed by atoms with Crippen molar-refractivity contribution in [1.29, 1.82) is 0 Å². The number of rotatable bonds is 2. The van der Waals surface area contributed by atoms with Crippen LogP contribution in [0.25, 0.3) is 16.2 Å². The van der Waals surface area contributed by atoms with Gasteiger partial charge >= 0.3 is 0 Å². The van der Waals surface area contributed by atoms with Gasteiger partial charge < -0.3 is 5.11 Å². The van der Waals surface area contributed by atoms with E-state index in [9.17, 15) is 5.11 Å². The Morgan fingerprint density at radius 3 is 2.83 bits per heavy atom. The highest BCUT2D eigenvalue weighted by Gasteiger charge is 2.19. The number of fused-ring (bicyclic) bond motifs is 1. The van der Waals surface area contributed by atoms with E-state index in [1.165, 1.54) is 0 Å². The number of halogens is 1. The fourth-order valence-electron chi connectivity index (χ4n) is 2.05. The van der Waals surface area contributed by atoms with E-state index in [-0.39, 0.29) is 0 Å². The number of nitrogens with zero attached hydrogens (tertiary/aromatic N) is 2. The zero-order valence-electron chi connectivity index (χ0n) is 9.67. The lowest BCUT2D eigenvalue weighted by molar-refractivity contribution is 0.194. The molecular formula is C13H11ClN2OS. The summed E-state index contributed by atoms with van der Waals surface area (Å²) < 4.78 is 1.79. The Morgan fingerprint density at radius 1 is 1.33 bits per heavy atom. The Morgan fingerprint density at radius 2 is 2.17 bits per heavy atom. The molecular weight excluding hydrogens is 268 g/mol. The van der Waals surface area contributed by atoms with Crippen molar-refractivity contribution in [1.82, 2.24) is 9.38 Å². The molecule has 0 saturated heterocycles. The third-order valence-electron chi connectivity index (χ3n) is 2.78. The maximum absolute atomic E-state index is 10.00. The molecule has 0 aliphatic rings. The summed E-state index contributed by atoms with van der Waals surface area (Å²) in [5.74, 6) is 0. The molecule has 0 amide bonds. The Hall–Kier alpha value is -1.36. The largest absolute Gasteiger partial charge is 0.387 e. The molecule has 3 heterocycles. The van der Waals surface area contributed by atoms with Gasteiger partial charge in [0, 0.05) is 0 Å². The van der Waals surface area contributed by atoms with Crippen molar-refractivity contribution in [2.75, 3.05) is 0 Å². The summed E-state index contributed by atoms with van der Waals surface area (Å²) in [5.41, 5.74) is 2.29. The minimum Gasteiger partial charge on any atom is -0.387 e. The maximum atomic E-state index is 10.00. The van der Waals surface area contributed by atoms with E-state index in [0.29, 0.717) is 5.15 Å². The van der Waals surface area contributed by atoms with Crippen LogP contribution in [0.5, 0.6) is 0 Å². The predicted molar refractivity (Wildman–Crippen MR) is 74.1 cm³/mol. The maximum Gasteiger partial charge on any atom is 0.138 e. The van der Waals surface area contributed by atoms with E-state index in [0.717, 1.165) is 21.9 Å². The van der Waals surface area contributed by atoms with Gasteiger partial charge in [0.15, 0.2) is 0 Å². The standard InChI is InChI=1S/C13H11ClN2OS/c1-8(17)13-12(9-4-3-7-18-9)15-11-6-2-5-10(14)16(11)13/h2-8,17H,1H3. The van der Waals surface area contributed by atoms with E-state index >= 15 is 0 Å². The Labute approximate surface area is 113 Å². The second kappa shape index (κ2) is 4.39. The normalized spacial score (nSPS) is 13.1. The van der Waals surface area contributed by atoms with E-state index in [4.69, 9.17) is 11.6 Å². The van der Waals surface area contributed by atoms with Gasteiger partial charge in [-0.05, 0) is 30.5 Å². The summed E-state index contributed by atoms with van der Waals surface area (Å²) in [6.07, 6.45) is -0.628. The van der Waals surface area contributed by atoms with Gasteiger partial charge in [0.05, 0.1) is 16.7 Å². The molecule has 1 N–H and O–H groups in total. The zero-order chi connectivity index (χ0) is 12.7. The minimum absolute atomic E-state index is 0.554. The molecule has 18 heavy (non-hydrogen) atoms. The van der Waals surface area contributed by atoms with Crippen LogP contribution in [-0.4, -0.2) is 14.5 Å². The molecule has 3 aromatic rings. The molecule has 1 unspecified atom stereocenters. The fraction of sp³-hybridized carbons (Fsp3) is 0.154. The van der Waals surface area contributed by atoms with Crippen LogP contribution in [-0.2, 0) is 0 Å². The number of thiophene rings is 1. The van der Waals surface area contributed by atoms with Crippen LogP contribution in [0.4, 0.5) is 0 Å². The summed E-state index contributed by atoms with van der Waals surface area (Å²) in [6, 6.07) is 9.49. The number of pyridine rings is 1. The molecule has 0 aromatic carbocycles. The summed E-state index contributed by atoms with van der Waals surface area (Å²) in [4.78, 5) is 5.60. The molecule has 0 bridgehead atoms. The van der Waals surface area contributed by atoms with Crippen LogP contribution in [0, 0.1) is 0 Å². The highest BCUT2D eigenvalue weighted by Crippen LogP contribution is 2.33. The molecule has 0 spiro atoms. The summed E-state index contributed by atoms with van der Waals surface area (Å²) in [5, 5.41) is 12.5. The first-order valence-corrected chi connectivity index (χ1v) is 6.83. The van der Waals surface area contributed by atoms with Crippen LogP contribution in [0.1, 0.15) is 18.7 Å².